The number of nitrogens with zero attached hydrogens (tertiary/aromatic N) is 2. The lowest BCUT2D eigenvalue weighted by Gasteiger charge is -2.70. The van der Waals surface area contributed by atoms with Gasteiger partial charge in [0.1, 0.15) is 18.0 Å². The van der Waals surface area contributed by atoms with Gasteiger partial charge in [0.2, 0.25) is 0 Å². The van der Waals surface area contributed by atoms with Gasteiger partial charge in [-0.05, 0) is 168 Å². The molecule has 7 nitrogen and oxygen atoms in total. The topological polar surface area (TPSA) is 85.2 Å². The van der Waals surface area contributed by atoms with Gasteiger partial charge in [0.15, 0.2) is 11.5 Å². The van der Waals surface area contributed by atoms with Crippen LogP contribution in [0.15, 0.2) is 24.3 Å². The number of likely N-dealkylation sites (tertiary alicyclic amines) is 2. The van der Waals surface area contributed by atoms with E-state index in [4.69, 9.17) is 9.47 Å². The minimum absolute atomic E-state index is 0.0108. The molecule has 8 bridgehead atoms. The Bertz CT molecular complexity index is 2410. The van der Waals surface area contributed by atoms with Crippen molar-refractivity contribution >= 4 is 0 Å². The van der Waals surface area contributed by atoms with Crippen LogP contribution in [0.3, 0.4) is 0 Å². The number of ether oxygens (including phenoxy) is 2. The van der Waals surface area contributed by atoms with Gasteiger partial charge in [-0.3, -0.25) is 9.80 Å². The molecule has 7 heteroatoms. The molecule has 4 heterocycles. The molecule has 0 amide bonds. The number of benzene rings is 2. The monoisotopic (exact) mass is 897 g/mol. The van der Waals surface area contributed by atoms with Crippen molar-refractivity contribution in [3.05, 3.63) is 52.1 Å². The van der Waals surface area contributed by atoms with Crippen LogP contribution in [0.4, 0.5) is 0 Å². The number of aliphatic hydroxyl groups is 2. The van der Waals surface area contributed by atoms with Gasteiger partial charge in [-0.1, -0.05) is 73.6 Å². The van der Waals surface area contributed by atoms with Gasteiger partial charge in [-0.25, -0.2) is 0 Å². The molecule has 2 saturated heterocycles. The molecule has 18 atom stereocenters. The predicted octanol–water partition coefficient (Wildman–Crippen LogP) is 10.2. The summed E-state index contributed by atoms with van der Waals surface area (Å²) < 4.78 is 14.1. The number of fused-ring (bicyclic) bond motifs is 4. The predicted molar refractivity (Wildman–Crippen MR) is 256 cm³/mol. The van der Waals surface area contributed by atoms with Crippen molar-refractivity contribution in [2.45, 2.75) is 223 Å². The summed E-state index contributed by atoms with van der Waals surface area (Å²) in [5, 5.41) is 35.3. The molecule has 0 radical (unpaired) electrons. The van der Waals surface area contributed by atoms with Crippen molar-refractivity contribution in [2.75, 3.05) is 13.1 Å². The molecule has 10 saturated carbocycles. The van der Waals surface area contributed by atoms with Gasteiger partial charge in [-0.15, -0.1) is 0 Å². The summed E-state index contributed by atoms with van der Waals surface area (Å²) in [4.78, 5) is 5.89. The number of phenolic OH excluding ortho intramolecular Hbond substituents is 1. The Morgan fingerprint density at radius 2 is 1.03 bits per heavy atom. The molecule has 16 aliphatic rings. The highest BCUT2D eigenvalue weighted by molar-refractivity contribution is 5.68. The molecule has 12 fully saturated rings. The van der Waals surface area contributed by atoms with Crippen molar-refractivity contribution in [1.82, 2.24) is 9.80 Å². The maximum absolute atomic E-state index is 12.2. The van der Waals surface area contributed by atoms with Crippen molar-refractivity contribution in [2.24, 2.45) is 56.2 Å². The molecule has 3 N–H and O–H groups in total. The Labute approximate surface area is 395 Å². The lowest BCUT2D eigenvalue weighted by atomic mass is 9.35. The van der Waals surface area contributed by atoms with E-state index in [1.165, 1.54) is 106 Å². The Hall–Kier alpha value is -2.32. The van der Waals surface area contributed by atoms with Gasteiger partial charge in [0.25, 0.3) is 0 Å². The number of phenols is 1. The van der Waals surface area contributed by atoms with Gasteiger partial charge in [-0.2, -0.15) is 0 Å². The first-order valence-corrected chi connectivity index (χ1v) is 27.1. The minimum Gasteiger partial charge on any atom is -0.504 e. The fourth-order valence-electron chi connectivity index (χ4n) is 21.4. The molecule has 0 aromatic heterocycles. The van der Waals surface area contributed by atoms with Crippen LogP contribution >= 0.6 is 0 Å². The highest BCUT2D eigenvalue weighted by Crippen LogP contribution is 2.89. The van der Waals surface area contributed by atoms with Crippen LogP contribution < -0.4 is 9.47 Å². The average Bonchev–Trinajstić information content (AvgIpc) is 4.21. The molecule has 18 rings (SSSR count). The van der Waals surface area contributed by atoms with Crippen LogP contribution in [0.2, 0.25) is 0 Å². The van der Waals surface area contributed by atoms with E-state index in [9.17, 15) is 15.3 Å². The zero-order chi connectivity index (χ0) is 45.9. The third-order valence-corrected chi connectivity index (χ3v) is 25.4. The van der Waals surface area contributed by atoms with Gasteiger partial charge in [0, 0.05) is 79.9 Å². The third-order valence-electron chi connectivity index (χ3n) is 25.4. The molecule has 12 aliphatic carbocycles. The highest BCUT2D eigenvalue weighted by Gasteiger charge is 2.93. The molecule has 6 spiro atoms. The highest BCUT2D eigenvalue weighted by atomic mass is 16.5. The first-order chi connectivity index (χ1) is 30.8. The minimum atomic E-state index is -0.778. The van der Waals surface area contributed by atoms with Crippen LogP contribution in [0.1, 0.15) is 174 Å². The number of hydrogen-bond donors (Lipinski definition) is 3. The third kappa shape index (κ3) is 4.09. The fourth-order valence-corrected chi connectivity index (χ4v) is 21.4. The molecule has 2 aromatic carbocycles. The van der Waals surface area contributed by atoms with E-state index in [1.54, 1.807) is 11.1 Å². The van der Waals surface area contributed by atoms with Crippen LogP contribution in [0, 0.1) is 63.1 Å². The van der Waals surface area contributed by atoms with Gasteiger partial charge >= 0.3 is 0 Å². The number of aryl methyl sites for hydroxylation is 1. The number of aromatic hydroxyl groups is 1. The van der Waals surface area contributed by atoms with Crippen molar-refractivity contribution in [1.29, 1.82) is 0 Å². The van der Waals surface area contributed by atoms with Crippen molar-refractivity contribution in [3.8, 4) is 17.2 Å². The summed E-state index contributed by atoms with van der Waals surface area (Å²) >= 11 is 0. The maximum Gasteiger partial charge on any atom is 0.165 e. The quantitative estimate of drug-likeness (QED) is 0.249. The summed E-state index contributed by atoms with van der Waals surface area (Å²) in [5.74, 6) is 4.64. The zero-order valence-electron chi connectivity index (χ0n) is 42.3. The van der Waals surface area contributed by atoms with E-state index in [0.29, 0.717) is 23.4 Å². The maximum atomic E-state index is 12.2. The molecule has 2 aromatic rings. The Balaban J connectivity index is 0.000000121. The second-order valence-corrected chi connectivity index (χ2v) is 29.7. The molecule has 356 valence electrons. The van der Waals surface area contributed by atoms with Crippen LogP contribution in [-0.2, 0) is 23.7 Å². The smallest absolute Gasteiger partial charge is 0.165 e. The number of piperidine rings is 2. The lowest BCUT2D eigenvalue weighted by Crippen LogP contribution is -2.73. The largest absolute Gasteiger partial charge is 0.504 e. The van der Waals surface area contributed by atoms with Crippen molar-refractivity contribution < 1.29 is 24.8 Å². The van der Waals surface area contributed by atoms with Crippen LogP contribution in [-0.4, -0.2) is 84.8 Å². The fraction of sp³-hybridized carbons (Fsp3) is 0.797. The van der Waals surface area contributed by atoms with Crippen molar-refractivity contribution in [3.63, 3.8) is 0 Å². The Morgan fingerprint density at radius 3 is 1.47 bits per heavy atom. The molecule has 66 heavy (non-hydrogen) atoms. The number of rotatable bonds is 6. The molecule has 12 unspecified atom stereocenters. The zero-order valence-corrected chi connectivity index (χ0v) is 42.3. The lowest BCUT2D eigenvalue weighted by molar-refractivity contribution is -0.246. The van der Waals surface area contributed by atoms with Crippen LogP contribution in [0.25, 0.3) is 0 Å². The van der Waals surface area contributed by atoms with Gasteiger partial charge in [0.05, 0.1) is 11.2 Å². The summed E-state index contributed by atoms with van der Waals surface area (Å²) in [6, 6.07) is 10.2. The molecule has 4 aliphatic heterocycles. The Morgan fingerprint density at radius 1 is 0.606 bits per heavy atom. The number of hydrogen-bond acceptors (Lipinski definition) is 7. The summed E-state index contributed by atoms with van der Waals surface area (Å²) in [7, 11) is 0. The first kappa shape index (κ1) is 41.5. The normalized spacial score (nSPS) is 51.6. The Kier molecular flexibility index (Phi) is 7.06. The summed E-state index contributed by atoms with van der Waals surface area (Å²) in [6.07, 6.45) is 17.9. The second-order valence-electron chi connectivity index (χ2n) is 29.7. The van der Waals surface area contributed by atoms with E-state index in [-0.39, 0.29) is 72.9 Å². The SMILES string of the molecule is CC12CCC3(CC1C(C)(O)C(C)(C)C)[C@@H]1N(CC4CC4)[C@@]14Cc1ccc(O)c5c1[C@@]3(C4)C2O5.Cc1ccc2c3c1OC1C4(C)CCC5(CC4C(C)(O)C(C)(C)C)[C@@H]4N(CC6CC6)[C@]4(C2)C[C@]315. The van der Waals surface area contributed by atoms with E-state index < -0.39 is 11.2 Å². The second kappa shape index (κ2) is 11.2. The standard InChI is InChI=1S/C30H41NO2.C29H39NO3/c1-17-7-10-19-13-29-16-30-21(19)22(17)33-24(30)26(5)11-12-28(30,23(29)31(29)15-18-8-9-18)14-20(26)27(6,32)25(2,3)4;1-24(2,3)26(5,32)19-13-27-11-10-25(19,4)23-29(27)15-28(22(27)30(28)14-16-6-7-16)12-17-8-9-18(31)21(33-23)20(17)29/h7,10,18,20,23-24,32H,8-9,11-16H2,1-6H3;8-9,16,19,22-23,31-32H,6-7,10-15H2,1-5H3/t20?,23-,24?,26?,27?,28?,29+,30-,31?;19?,22-,23?,25?,26?,27?,28+,29-,30?/m00/s1. The summed E-state index contributed by atoms with van der Waals surface area (Å²) in [5.41, 5.74) is 6.64. The van der Waals surface area contributed by atoms with Crippen LogP contribution in [0.5, 0.6) is 17.2 Å². The molecular weight excluding hydrogens is 817 g/mol. The first-order valence-electron chi connectivity index (χ1n) is 27.1. The molecular formula is C59H80N2O5. The van der Waals surface area contributed by atoms with E-state index >= 15 is 0 Å². The average molecular weight is 897 g/mol. The van der Waals surface area contributed by atoms with E-state index in [2.05, 4.69) is 104 Å². The van der Waals surface area contributed by atoms with E-state index in [0.717, 1.165) is 36.8 Å². The summed E-state index contributed by atoms with van der Waals surface area (Å²) in [6.45, 7) is 27.3. The van der Waals surface area contributed by atoms with E-state index in [1.807, 2.05) is 6.07 Å². The van der Waals surface area contributed by atoms with Gasteiger partial charge < -0.3 is 24.8 Å².